The molecule has 0 aromatic heterocycles. The van der Waals surface area contributed by atoms with Gasteiger partial charge >= 0.3 is 0 Å². The second kappa shape index (κ2) is 5.08. The van der Waals surface area contributed by atoms with Crippen molar-refractivity contribution in [2.24, 2.45) is 5.92 Å². The highest BCUT2D eigenvalue weighted by Crippen LogP contribution is 2.22. The van der Waals surface area contributed by atoms with Gasteiger partial charge in [-0.05, 0) is 37.5 Å². The maximum absolute atomic E-state index is 11.5. The van der Waals surface area contributed by atoms with Gasteiger partial charge in [0.25, 0.3) is 0 Å². The molecule has 0 aliphatic rings. The quantitative estimate of drug-likeness (QED) is 0.900. The fraction of sp³-hybridized carbons (Fsp3) is 0.538. The molecule has 0 amide bonds. The molecule has 0 heterocycles. The Labute approximate surface area is 104 Å². The van der Waals surface area contributed by atoms with Crippen molar-refractivity contribution in [3.05, 3.63) is 23.8 Å². The van der Waals surface area contributed by atoms with Crippen molar-refractivity contribution in [2.45, 2.75) is 38.6 Å². The molecular formula is C13H21NO2S. The number of benzene rings is 1. The summed E-state index contributed by atoms with van der Waals surface area (Å²) in [5.74, 6) is 0.497. The first kappa shape index (κ1) is 14.0. The zero-order chi connectivity index (χ0) is 13.2. The van der Waals surface area contributed by atoms with Crippen LogP contribution in [-0.4, -0.2) is 20.7 Å². The summed E-state index contributed by atoms with van der Waals surface area (Å²) in [5.41, 5.74) is 1.96. The molecule has 0 saturated carbocycles. The number of rotatable bonds is 4. The van der Waals surface area contributed by atoms with Crippen molar-refractivity contribution < 1.29 is 8.42 Å². The Bertz CT molecular complexity index is 492. The van der Waals surface area contributed by atoms with Crippen LogP contribution in [0, 0.1) is 12.8 Å². The molecule has 0 bridgehead atoms. The van der Waals surface area contributed by atoms with E-state index in [9.17, 15) is 8.42 Å². The molecule has 0 saturated heterocycles. The summed E-state index contributed by atoms with van der Waals surface area (Å²) in [6.45, 7) is 8.33. The molecule has 1 atom stereocenters. The van der Waals surface area contributed by atoms with E-state index in [0.29, 0.717) is 16.9 Å². The Balaban J connectivity index is 3.08. The van der Waals surface area contributed by atoms with Crippen molar-refractivity contribution in [1.82, 2.24) is 0 Å². The van der Waals surface area contributed by atoms with Crippen molar-refractivity contribution in [2.75, 3.05) is 11.6 Å². The van der Waals surface area contributed by atoms with Gasteiger partial charge in [-0.25, -0.2) is 8.42 Å². The predicted molar refractivity (Wildman–Crippen MR) is 72.2 cm³/mol. The van der Waals surface area contributed by atoms with E-state index >= 15 is 0 Å². The van der Waals surface area contributed by atoms with Gasteiger partial charge in [0, 0.05) is 18.0 Å². The smallest absolute Gasteiger partial charge is 0.175 e. The molecule has 1 rings (SSSR count). The lowest BCUT2D eigenvalue weighted by Gasteiger charge is -2.20. The lowest BCUT2D eigenvalue weighted by atomic mass is 10.1. The Morgan fingerprint density at radius 1 is 1.18 bits per heavy atom. The van der Waals surface area contributed by atoms with Crippen LogP contribution in [0.4, 0.5) is 5.69 Å². The number of aryl methyl sites for hydroxylation is 1. The van der Waals surface area contributed by atoms with Crippen LogP contribution in [-0.2, 0) is 9.84 Å². The number of hydrogen-bond donors (Lipinski definition) is 1. The molecule has 1 unspecified atom stereocenters. The lowest BCUT2D eigenvalue weighted by molar-refractivity contribution is 0.559. The van der Waals surface area contributed by atoms with Gasteiger partial charge in [-0.3, -0.25) is 0 Å². The van der Waals surface area contributed by atoms with Gasteiger partial charge < -0.3 is 5.32 Å². The fourth-order valence-electron chi connectivity index (χ4n) is 1.40. The summed E-state index contributed by atoms with van der Waals surface area (Å²) in [4.78, 5) is 0.363. The number of sulfone groups is 1. The van der Waals surface area contributed by atoms with Crippen molar-refractivity contribution >= 4 is 15.5 Å². The minimum atomic E-state index is -3.14. The van der Waals surface area contributed by atoms with Gasteiger partial charge in [0.1, 0.15) is 0 Å². The SMILES string of the molecule is Cc1ccc(S(C)(=O)=O)cc1NC(C)C(C)C. The van der Waals surface area contributed by atoms with Gasteiger partial charge in [0.05, 0.1) is 4.90 Å². The van der Waals surface area contributed by atoms with Crippen LogP contribution in [0.1, 0.15) is 26.3 Å². The van der Waals surface area contributed by atoms with Crippen LogP contribution in [0.5, 0.6) is 0 Å². The summed E-state index contributed by atoms with van der Waals surface area (Å²) in [6.07, 6.45) is 1.23. The maximum Gasteiger partial charge on any atom is 0.175 e. The zero-order valence-corrected chi connectivity index (χ0v) is 11.9. The third-order valence-corrected chi connectivity index (χ3v) is 4.13. The third-order valence-electron chi connectivity index (χ3n) is 3.02. The first-order valence-corrected chi connectivity index (χ1v) is 7.68. The molecule has 0 aliphatic heterocycles. The molecule has 3 nitrogen and oxygen atoms in total. The zero-order valence-electron chi connectivity index (χ0n) is 11.1. The Kier molecular flexibility index (Phi) is 4.20. The molecular weight excluding hydrogens is 234 g/mol. The minimum absolute atomic E-state index is 0.309. The van der Waals surface area contributed by atoms with Crippen molar-refractivity contribution in [3.8, 4) is 0 Å². The van der Waals surface area contributed by atoms with Gasteiger partial charge in [0.15, 0.2) is 9.84 Å². The van der Waals surface area contributed by atoms with E-state index in [0.717, 1.165) is 11.3 Å². The predicted octanol–water partition coefficient (Wildman–Crippen LogP) is 2.85. The molecule has 96 valence electrons. The van der Waals surface area contributed by atoms with Crippen LogP contribution in [0.15, 0.2) is 23.1 Å². The second-order valence-corrected chi connectivity index (χ2v) is 6.94. The van der Waals surface area contributed by atoms with Crippen molar-refractivity contribution in [1.29, 1.82) is 0 Å². The van der Waals surface area contributed by atoms with E-state index in [4.69, 9.17) is 0 Å². The summed E-state index contributed by atoms with van der Waals surface area (Å²) < 4.78 is 23.0. The summed E-state index contributed by atoms with van der Waals surface area (Å²) in [5, 5.41) is 3.36. The largest absolute Gasteiger partial charge is 0.382 e. The second-order valence-electron chi connectivity index (χ2n) is 4.93. The summed E-state index contributed by atoms with van der Waals surface area (Å²) in [7, 11) is -3.14. The highest BCUT2D eigenvalue weighted by molar-refractivity contribution is 7.90. The molecule has 1 N–H and O–H groups in total. The topological polar surface area (TPSA) is 46.2 Å². The molecule has 0 spiro atoms. The molecule has 1 aromatic rings. The first-order chi connectivity index (χ1) is 7.71. The number of nitrogens with one attached hydrogen (secondary N) is 1. The average Bonchev–Trinajstić information content (AvgIpc) is 2.19. The molecule has 4 heteroatoms. The van der Waals surface area contributed by atoms with Crippen LogP contribution in [0.2, 0.25) is 0 Å². The van der Waals surface area contributed by atoms with E-state index in [1.165, 1.54) is 6.26 Å². The monoisotopic (exact) mass is 255 g/mol. The van der Waals surface area contributed by atoms with Gasteiger partial charge in [-0.15, -0.1) is 0 Å². The summed E-state index contributed by atoms with van der Waals surface area (Å²) >= 11 is 0. The van der Waals surface area contributed by atoms with E-state index in [1.807, 2.05) is 13.0 Å². The number of anilines is 1. The molecule has 1 aromatic carbocycles. The summed E-state index contributed by atoms with van der Waals surface area (Å²) in [6, 6.07) is 5.51. The number of hydrogen-bond acceptors (Lipinski definition) is 3. The van der Waals surface area contributed by atoms with E-state index in [-0.39, 0.29) is 0 Å². The molecule has 0 radical (unpaired) electrons. The highest BCUT2D eigenvalue weighted by Gasteiger charge is 2.12. The van der Waals surface area contributed by atoms with Crippen molar-refractivity contribution in [3.63, 3.8) is 0 Å². The molecule has 0 fully saturated rings. The molecule has 17 heavy (non-hydrogen) atoms. The Morgan fingerprint density at radius 3 is 2.24 bits per heavy atom. The average molecular weight is 255 g/mol. The van der Waals surface area contributed by atoms with E-state index in [2.05, 4.69) is 26.1 Å². The standard InChI is InChI=1S/C13H21NO2S/c1-9(2)11(4)14-13-8-12(17(5,15)16)7-6-10(13)3/h6-9,11,14H,1-5H3. The first-order valence-electron chi connectivity index (χ1n) is 5.79. The lowest BCUT2D eigenvalue weighted by Crippen LogP contribution is -2.22. The van der Waals surface area contributed by atoms with E-state index < -0.39 is 9.84 Å². The minimum Gasteiger partial charge on any atom is -0.382 e. The van der Waals surface area contributed by atoms with E-state index in [1.54, 1.807) is 12.1 Å². The third kappa shape index (κ3) is 3.73. The Hall–Kier alpha value is -1.03. The Morgan fingerprint density at radius 2 is 1.76 bits per heavy atom. The van der Waals surface area contributed by atoms with Crippen LogP contribution in [0.25, 0.3) is 0 Å². The fourth-order valence-corrected chi connectivity index (χ4v) is 2.05. The van der Waals surface area contributed by atoms with Gasteiger partial charge in [0.2, 0.25) is 0 Å². The van der Waals surface area contributed by atoms with Crippen LogP contribution < -0.4 is 5.32 Å². The highest BCUT2D eigenvalue weighted by atomic mass is 32.2. The van der Waals surface area contributed by atoms with Gasteiger partial charge in [-0.2, -0.15) is 0 Å². The normalized spacial score (nSPS) is 13.8. The molecule has 0 aliphatic carbocycles. The van der Waals surface area contributed by atoms with Gasteiger partial charge in [-0.1, -0.05) is 19.9 Å². The van der Waals surface area contributed by atoms with Crippen LogP contribution in [0.3, 0.4) is 0 Å². The van der Waals surface area contributed by atoms with Crippen LogP contribution >= 0.6 is 0 Å². The maximum atomic E-state index is 11.5.